The Morgan fingerprint density at radius 2 is 2.24 bits per heavy atom. The van der Waals surface area contributed by atoms with Gasteiger partial charge in [0.15, 0.2) is 0 Å². The number of methoxy groups -OCH3 is 1. The molecule has 1 aromatic rings. The van der Waals surface area contributed by atoms with E-state index >= 15 is 0 Å². The van der Waals surface area contributed by atoms with Crippen LogP contribution in [0, 0.1) is 17.8 Å². The van der Waals surface area contributed by atoms with Crippen molar-refractivity contribution in [1.82, 2.24) is 10.2 Å². The van der Waals surface area contributed by atoms with Gasteiger partial charge in [0.2, 0.25) is 0 Å². The van der Waals surface area contributed by atoms with Crippen LogP contribution < -0.4 is 10.1 Å². The first-order valence-electron chi connectivity index (χ1n) is 7.54. The summed E-state index contributed by atoms with van der Waals surface area (Å²) in [5.74, 6) is 2.81. The molecule has 4 rings (SSSR count). The maximum absolute atomic E-state index is 12.5. The lowest BCUT2D eigenvalue weighted by Gasteiger charge is -2.32. The van der Waals surface area contributed by atoms with Crippen LogP contribution in [0.25, 0.3) is 0 Å². The van der Waals surface area contributed by atoms with Gasteiger partial charge in [-0.2, -0.15) is 0 Å². The lowest BCUT2D eigenvalue weighted by Crippen LogP contribution is -2.49. The number of hydrogen-bond acceptors (Lipinski definition) is 3. The molecule has 2 saturated heterocycles. The molecule has 1 N–H and O–H groups in total. The summed E-state index contributed by atoms with van der Waals surface area (Å²) in [5, 5.41) is 3.79. The van der Waals surface area contributed by atoms with E-state index in [1.807, 2.05) is 0 Å². The van der Waals surface area contributed by atoms with Gasteiger partial charge in [-0.05, 0) is 48.9 Å². The molecule has 1 aromatic carbocycles. The Kier molecular flexibility index (Phi) is 3.12. The normalized spacial score (nSPS) is 36.0. The van der Waals surface area contributed by atoms with Crippen molar-refractivity contribution in [2.45, 2.75) is 12.5 Å². The van der Waals surface area contributed by atoms with E-state index in [9.17, 15) is 4.79 Å². The van der Waals surface area contributed by atoms with E-state index in [2.05, 4.69) is 10.2 Å². The molecule has 4 nitrogen and oxygen atoms in total. The van der Waals surface area contributed by atoms with Crippen LogP contribution in [0.5, 0.6) is 5.75 Å². The highest BCUT2D eigenvalue weighted by atomic mass is 35.5. The van der Waals surface area contributed by atoms with Crippen LogP contribution in [0.1, 0.15) is 16.8 Å². The van der Waals surface area contributed by atoms with Crippen molar-refractivity contribution in [2.24, 2.45) is 17.8 Å². The molecule has 112 valence electrons. The minimum Gasteiger partial charge on any atom is -0.496 e. The van der Waals surface area contributed by atoms with Gasteiger partial charge in [0, 0.05) is 24.2 Å². The maximum atomic E-state index is 12.5. The quantitative estimate of drug-likeness (QED) is 0.929. The fraction of sp³-hybridized carbons (Fsp3) is 0.562. The molecule has 0 aromatic heterocycles. The lowest BCUT2D eigenvalue weighted by molar-refractivity contribution is 0.0897. The highest BCUT2D eigenvalue weighted by Gasteiger charge is 2.59. The van der Waals surface area contributed by atoms with E-state index in [-0.39, 0.29) is 11.9 Å². The summed E-state index contributed by atoms with van der Waals surface area (Å²) in [6.07, 6.45) is 1.30. The Hall–Kier alpha value is -1.26. The fourth-order valence-electron chi connectivity index (χ4n) is 4.26. The monoisotopic (exact) mass is 306 g/mol. The van der Waals surface area contributed by atoms with Crippen molar-refractivity contribution in [2.75, 3.05) is 26.7 Å². The third kappa shape index (κ3) is 2.21. The second kappa shape index (κ2) is 4.89. The van der Waals surface area contributed by atoms with Crippen molar-refractivity contribution >= 4 is 17.5 Å². The van der Waals surface area contributed by atoms with Crippen molar-refractivity contribution in [1.29, 1.82) is 0 Å². The van der Waals surface area contributed by atoms with Crippen LogP contribution in [0.3, 0.4) is 0 Å². The number of piperidine rings is 2. The Bertz CT molecular complexity index is 586. The van der Waals surface area contributed by atoms with Gasteiger partial charge < -0.3 is 15.0 Å². The molecular weight excluding hydrogens is 288 g/mol. The predicted octanol–water partition coefficient (Wildman–Crippen LogP) is 2.03. The van der Waals surface area contributed by atoms with Crippen LogP contribution in [0.4, 0.5) is 0 Å². The molecule has 0 spiro atoms. The molecule has 2 bridgehead atoms. The highest BCUT2D eigenvalue weighted by molar-refractivity contribution is 6.30. The maximum Gasteiger partial charge on any atom is 0.255 e. The topological polar surface area (TPSA) is 41.6 Å². The Morgan fingerprint density at radius 3 is 3.05 bits per heavy atom. The summed E-state index contributed by atoms with van der Waals surface area (Å²) in [6.45, 7) is 3.40. The third-order valence-corrected chi connectivity index (χ3v) is 5.52. The molecule has 0 radical (unpaired) electrons. The second-order valence-corrected chi connectivity index (χ2v) is 6.81. The van der Waals surface area contributed by atoms with Gasteiger partial charge in [-0.1, -0.05) is 11.6 Å². The Balaban J connectivity index is 1.51. The number of fused-ring (bicyclic) bond motifs is 2. The lowest BCUT2D eigenvalue weighted by atomic mass is 10.0. The second-order valence-electron chi connectivity index (χ2n) is 6.38. The van der Waals surface area contributed by atoms with Crippen LogP contribution in [-0.2, 0) is 0 Å². The predicted molar refractivity (Wildman–Crippen MR) is 80.8 cm³/mol. The minimum absolute atomic E-state index is 0.0540. The van der Waals surface area contributed by atoms with Gasteiger partial charge in [0.25, 0.3) is 5.91 Å². The smallest absolute Gasteiger partial charge is 0.255 e. The average Bonchev–Trinajstić information content (AvgIpc) is 3.23. The van der Waals surface area contributed by atoms with Gasteiger partial charge in [0.05, 0.1) is 12.7 Å². The molecule has 5 atom stereocenters. The van der Waals surface area contributed by atoms with Gasteiger partial charge in [0.1, 0.15) is 5.75 Å². The number of carbonyl (C=O) groups excluding carboxylic acids is 1. The molecule has 5 unspecified atom stereocenters. The Labute approximate surface area is 129 Å². The summed E-state index contributed by atoms with van der Waals surface area (Å²) in [7, 11) is 1.56. The molecule has 2 heterocycles. The van der Waals surface area contributed by atoms with E-state index in [1.165, 1.54) is 19.5 Å². The van der Waals surface area contributed by atoms with Crippen LogP contribution in [0.15, 0.2) is 18.2 Å². The number of nitrogens with zero attached hydrogens (tertiary/aromatic N) is 1. The summed E-state index contributed by atoms with van der Waals surface area (Å²) in [5.41, 5.74) is 0.562. The summed E-state index contributed by atoms with van der Waals surface area (Å²) < 4.78 is 5.27. The zero-order valence-corrected chi connectivity index (χ0v) is 12.8. The number of benzene rings is 1. The van der Waals surface area contributed by atoms with Gasteiger partial charge in [-0.3, -0.25) is 4.79 Å². The van der Waals surface area contributed by atoms with Gasteiger partial charge in [-0.15, -0.1) is 0 Å². The SMILES string of the molecule is COc1cc(Cl)ccc1C(=O)NC1CN2CCC3C(C2)C13. The van der Waals surface area contributed by atoms with E-state index in [0.29, 0.717) is 22.3 Å². The summed E-state index contributed by atoms with van der Waals surface area (Å²) in [4.78, 5) is 15.0. The number of nitrogens with one attached hydrogen (secondary N) is 1. The first-order chi connectivity index (χ1) is 10.2. The fourth-order valence-corrected chi connectivity index (χ4v) is 4.42. The van der Waals surface area contributed by atoms with Crippen molar-refractivity contribution < 1.29 is 9.53 Å². The number of hydrogen-bond donors (Lipinski definition) is 1. The summed E-state index contributed by atoms with van der Waals surface area (Å²) >= 11 is 5.95. The largest absolute Gasteiger partial charge is 0.496 e. The number of halogens is 1. The Morgan fingerprint density at radius 1 is 1.38 bits per heavy atom. The first kappa shape index (κ1) is 13.4. The molecule has 1 amide bonds. The van der Waals surface area contributed by atoms with E-state index in [0.717, 1.165) is 18.4 Å². The first-order valence-corrected chi connectivity index (χ1v) is 7.92. The summed E-state index contributed by atoms with van der Waals surface area (Å²) in [6, 6.07) is 5.43. The molecule has 1 saturated carbocycles. The van der Waals surface area contributed by atoms with Crippen LogP contribution >= 0.6 is 11.6 Å². The van der Waals surface area contributed by atoms with Crippen molar-refractivity contribution in [3.05, 3.63) is 28.8 Å². The van der Waals surface area contributed by atoms with E-state index in [1.54, 1.807) is 25.3 Å². The zero-order valence-electron chi connectivity index (χ0n) is 12.0. The highest BCUT2D eigenvalue weighted by Crippen LogP contribution is 2.56. The average molecular weight is 307 g/mol. The van der Waals surface area contributed by atoms with Gasteiger partial charge in [-0.25, -0.2) is 0 Å². The molecule has 1 aliphatic carbocycles. The van der Waals surface area contributed by atoms with Gasteiger partial charge >= 0.3 is 0 Å². The third-order valence-electron chi connectivity index (χ3n) is 5.29. The van der Waals surface area contributed by atoms with E-state index in [4.69, 9.17) is 16.3 Å². The molecule has 3 aliphatic rings. The molecule has 5 heteroatoms. The molecule has 21 heavy (non-hydrogen) atoms. The van der Waals surface area contributed by atoms with E-state index < -0.39 is 0 Å². The zero-order chi connectivity index (χ0) is 14.6. The van der Waals surface area contributed by atoms with Crippen molar-refractivity contribution in [3.8, 4) is 5.75 Å². The standard InChI is InChI=1S/C16H19ClN2O2/c1-21-14-6-9(17)2-3-11(14)16(20)18-13-8-19-5-4-10-12(7-19)15(10)13/h2-3,6,10,12-13,15H,4-5,7-8H2,1H3,(H,18,20). The number of carbonyl (C=O) groups is 1. The van der Waals surface area contributed by atoms with Crippen molar-refractivity contribution in [3.63, 3.8) is 0 Å². The van der Waals surface area contributed by atoms with Crippen LogP contribution in [0.2, 0.25) is 5.02 Å². The molecular formula is C16H19ClN2O2. The minimum atomic E-state index is -0.0540. The number of ether oxygens (including phenoxy) is 1. The number of rotatable bonds is 3. The number of amides is 1. The molecule has 2 aliphatic heterocycles. The van der Waals surface area contributed by atoms with Crippen LogP contribution in [-0.4, -0.2) is 43.6 Å². The molecule has 3 fully saturated rings.